The molecule has 0 saturated heterocycles. The molecular formula is C15H19NS. The predicted molar refractivity (Wildman–Crippen MR) is 75.5 cm³/mol. The summed E-state index contributed by atoms with van der Waals surface area (Å²) in [6.07, 6.45) is 0. The Hall–Kier alpha value is -1.12. The third-order valence-electron chi connectivity index (χ3n) is 3.14. The molecule has 0 bridgehead atoms. The van der Waals surface area contributed by atoms with Gasteiger partial charge in [0, 0.05) is 12.6 Å². The van der Waals surface area contributed by atoms with E-state index in [0.29, 0.717) is 6.04 Å². The molecule has 0 radical (unpaired) electrons. The highest BCUT2D eigenvalue weighted by Gasteiger charge is 2.05. The maximum atomic E-state index is 3.57. The number of rotatable bonds is 4. The van der Waals surface area contributed by atoms with Crippen LogP contribution < -0.4 is 5.32 Å². The van der Waals surface area contributed by atoms with Gasteiger partial charge in [0.1, 0.15) is 0 Å². The first-order valence-corrected chi connectivity index (χ1v) is 6.92. The number of thiophene rings is 1. The fourth-order valence-corrected chi connectivity index (χ4v) is 2.70. The molecule has 0 spiro atoms. The van der Waals surface area contributed by atoms with Crippen LogP contribution in [0, 0.1) is 13.8 Å². The molecule has 0 aliphatic heterocycles. The Morgan fingerprint density at radius 1 is 1.24 bits per heavy atom. The maximum Gasteiger partial charge on any atom is 0.0303 e. The summed E-state index contributed by atoms with van der Waals surface area (Å²) in [6, 6.07) is 9.25. The van der Waals surface area contributed by atoms with Crippen molar-refractivity contribution in [3.05, 3.63) is 57.3 Å². The first-order valence-electron chi connectivity index (χ1n) is 5.98. The fourth-order valence-electron chi connectivity index (χ4n) is 1.95. The van der Waals surface area contributed by atoms with E-state index in [0.717, 1.165) is 6.54 Å². The maximum absolute atomic E-state index is 3.57. The number of nitrogens with one attached hydrogen (secondary N) is 1. The van der Waals surface area contributed by atoms with E-state index in [-0.39, 0.29) is 0 Å². The van der Waals surface area contributed by atoms with Crippen molar-refractivity contribution in [1.29, 1.82) is 0 Å². The van der Waals surface area contributed by atoms with E-state index in [2.05, 4.69) is 61.1 Å². The standard InChI is InChI=1S/C15H19NS/c1-11-4-5-14(12(2)8-11)9-16-13(3)15-6-7-17-10-15/h4-8,10,13,16H,9H2,1-3H3. The van der Waals surface area contributed by atoms with Crippen LogP contribution >= 0.6 is 11.3 Å². The largest absolute Gasteiger partial charge is 0.306 e. The molecule has 0 aliphatic rings. The Bertz CT molecular complexity index is 474. The van der Waals surface area contributed by atoms with Gasteiger partial charge in [-0.3, -0.25) is 0 Å². The zero-order valence-corrected chi connectivity index (χ0v) is 11.5. The molecule has 2 rings (SSSR count). The van der Waals surface area contributed by atoms with Crippen molar-refractivity contribution in [1.82, 2.24) is 5.32 Å². The Morgan fingerprint density at radius 2 is 2.06 bits per heavy atom. The molecular weight excluding hydrogens is 226 g/mol. The molecule has 90 valence electrons. The van der Waals surface area contributed by atoms with Crippen molar-refractivity contribution < 1.29 is 0 Å². The smallest absolute Gasteiger partial charge is 0.0303 e. The average molecular weight is 245 g/mol. The van der Waals surface area contributed by atoms with Crippen LogP contribution in [-0.2, 0) is 6.54 Å². The van der Waals surface area contributed by atoms with Gasteiger partial charge in [-0.2, -0.15) is 11.3 Å². The molecule has 0 aliphatic carbocycles. The lowest BCUT2D eigenvalue weighted by atomic mass is 10.1. The summed E-state index contributed by atoms with van der Waals surface area (Å²) in [7, 11) is 0. The first kappa shape index (κ1) is 12.3. The van der Waals surface area contributed by atoms with Crippen molar-refractivity contribution in [2.45, 2.75) is 33.4 Å². The third kappa shape index (κ3) is 3.18. The molecule has 1 heterocycles. The molecule has 0 fully saturated rings. The van der Waals surface area contributed by atoms with Crippen molar-refractivity contribution in [2.75, 3.05) is 0 Å². The first-order chi connectivity index (χ1) is 8.16. The Labute approximate surface area is 108 Å². The number of aryl methyl sites for hydroxylation is 2. The third-order valence-corrected chi connectivity index (χ3v) is 3.84. The van der Waals surface area contributed by atoms with Crippen molar-refractivity contribution in [3.8, 4) is 0 Å². The molecule has 1 aromatic heterocycles. The van der Waals surface area contributed by atoms with Crippen molar-refractivity contribution in [3.63, 3.8) is 0 Å². The lowest BCUT2D eigenvalue weighted by Gasteiger charge is -2.14. The summed E-state index contributed by atoms with van der Waals surface area (Å²) in [5.74, 6) is 0. The Kier molecular flexibility index (Phi) is 3.97. The van der Waals surface area contributed by atoms with Crippen LogP contribution in [0.5, 0.6) is 0 Å². The second-order valence-corrected chi connectivity index (χ2v) is 5.37. The molecule has 2 heteroatoms. The van der Waals surface area contributed by atoms with Crippen molar-refractivity contribution >= 4 is 11.3 Å². The second kappa shape index (κ2) is 5.48. The Balaban J connectivity index is 1.98. The fraction of sp³-hybridized carbons (Fsp3) is 0.333. The lowest BCUT2D eigenvalue weighted by molar-refractivity contribution is 0.575. The zero-order chi connectivity index (χ0) is 12.3. The monoisotopic (exact) mass is 245 g/mol. The number of hydrogen-bond donors (Lipinski definition) is 1. The second-order valence-electron chi connectivity index (χ2n) is 4.59. The van der Waals surface area contributed by atoms with Gasteiger partial charge in [0.05, 0.1) is 0 Å². The summed E-state index contributed by atoms with van der Waals surface area (Å²) in [6.45, 7) is 7.46. The average Bonchev–Trinajstić information content (AvgIpc) is 2.81. The van der Waals surface area contributed by atoms with Gasteiger partial charge in [-0.1, -0.05) is 23.8 Å². The summed E-state index contributed by atoms with van der Waals surface area (Å²) in [4.78, 5) is 0. The van der Waals surface area contributed by atoms with E-state index in [1.165, 1.54) is 22.3 Å². The van der Waals surface area contributed by atoms with Gasteiger partial charge in [0.15, 0.2) is 0 Å². The Morgan fingerprint density at radius 3 is 2.71 bits per heavy atom. The minimum atomic E-state index is 0.418. The molecule has 1 nitrogen and oxygen atoms in total. The highest BCUT2D eigenvalue weighted by molar-refractivity contribution is 7.07. The van der Waals surface area contributed by atoms with Crippen LogP contribution in [0.15, 0.2) is 35.0 Å². The van der Waals surface area contributed by atoms with Gasteiger partial charge in [0.2, 0.25) is 0 Å². The molecule has 17 heavy (non-hydrogen) atoms. The SMILES string of the molecule is Cc1ccc(CNC(C)c2ccsc2)c(C)c1. The van der Waals surface area contributed by atoms with Crippen LogP contribution in [0.25, 0.3) is 0 Å². The van der Waals surface area contributed by atoms with E-state index in [1.54, 1.807) is 11.3 Å². The highest BCUT2D eigenvalue weighted by atomic mass is 32.1. The molecule has 1 atom stereocenters. The van der Waals surface area contributed by atoms with E-state index < -0.39 is 0 Å². The summed E-state index contributed by atoms with van der Waals surface area (Å²) >= 11 is 1.75. The van der Waals surface area contributed by atoms with Crippen LogP contribution in [0.2, 0.25) is 0 Å². The lowest BCUT2D eigenvalue weighted by Crippen LogP contribution is -2.18. The molecule has 1 aromatic carbocycles. The molecule has 1 N–H and O–H groups in total. The van der Waals surface area contributed by atoms with Crippen LogP contribution in [-0.4, -0.2) is 0 Å². The molecule has 0 saturated carbocycles. The quantitative estimate of drug-likeness (QED) is 0.850. The number of benzene rings is 1. The topological polar surface area (TPSA) is 12.0 Å². The van der Waals surface area contributed by atoms with Crippen LogP contribution in [0.1, 0.15) is 35.2 Å². The van der Waals surface area contributed by atoms with Crippen LogP contribution in [0.3, 0.4) is 0 Å². The van der Waals surface area contributed by atoms with Gasteiger partial charge < -0.3 is 5.32 Å². The van der Waals surface area contributed by atoms with Gasteiger partial charge in [-0.05, 0) is 54.3 Å². The molecule has 2 aromatic rings. The van der Waals surface area contributed by atoms with E-state index in [4.69, 9.17) is 0 Å². The number of hydrogen-bond acceptors (Lipinski definition) is 2. The van der Waals surface area contributed by atoms with E-state index >= 15 is 0 Å². The zero-order valence-electron chi connectivity index (χ0n) is 10.7. The van der Waals surface area contributed by atoms with Gasteiger partial charge in [-0.25, -0.2) is 0 Å². The summed E-state index contributed by atoms with van der Waals surface area (Å²) in [5.41, 5.74) is 5.46. The minimum absolute atomic E-state index is 0.418. The minimum Gasteiger partial charge on any atom is -0.306 e. The van der Waals surface area contributed by atoms with E-state index in [9.17, 15) is 0 Å². The van der Waals surface area contributed by atoms with E-state index in [1.807, 2.05) is 0 Å². The van der Waals surface area contributed by atoms with Gasteiger partial charge >= 0.3 is 0 Å². The van der Waals surface area contributed by atoms with Gasteiger partial charge in [-0.15, -0.1) is 0 Å². The highest BCUT2D eigenvalue weighted by Crippen LogP contribution is 2.17. The molecule has 0 amide bonds. The van der Waals surface area contributed by atoms with Crippen molar-refractivity contribution in [2.24, 2.45) is 0 Å². The normalized spacial score (nSPS) is 12.6. The molecule has 1 unspecified atom stereocenters. The van der Waals surface area contributed by atoms with Gasteiger partial charge in [0.25, 0.3) is 0 Å². The summed E-state index contributed by atoms with van der Waals surface area (Å²) in [5, 5.41) is 7.91. The van der Waals surface area contributed by atoms with Crippen LogP contribution in [0.4, 0.5) is 0 Å². The predicted octanol–water partition coefficient (Wildman–Crippen LogP) is 4.22. The summed E-state index contributed by atoms with van der Waals surface area (Å²) < 4.78 is 0.